The fourth-order valence-corrected chi connectivity index (χ4v) is 0.186. The van der Waals surface area contributed by atoms with Gasteiger partial charge in [-0.15, -0.1) is 0 Å². The van der Waals surface area contributed by atoms with E-state index in [0.717, 1.165) is 0 Å². The second kappa shape index (κ2) is 5.66. The van der Waals surface area contributed by atoms with E-state index in [0.29, 0.717) is 22.6 Å². The third-order valence-electron chi connectivity index (χ3n) is 0.575. The molecule has 0 saturated carbocycles. The van der Waals surface area contributed by atoms with Crippen molar-refractivity contribution in [2.75, 3.05) is 0 Å². The molecule has 0 aliphatic heterocycles. The Bertz CT molecular complexity index is 132. The molecular weight excluding hydrogens is 320 g/mol. The lowest BCUT2D eigenvalue weighted by Crippen LogP contribution is -2.36. The van der Waals surface area contributed by atoms with Crippen LogP contribution in [0.3, 0.4) is 0 Å². The standard InChI is InChI=1S/C3HF6I.C2H3F/c4-2(5,6)1(10)3(7,8)9;1-2-3/h1H;2H,1H2. The molecule has 80 valence electrons. The molecule has 0 bridgehead atoms. The zero-order valence-corrected chi connectivity index (χ0v) is 8.04. The summed E-state index contributed by atoms with van der Waals surface area (Å²) >= 11 is 0.305. The van der Waals surface area contributed by atoms with E-state index in [1.165, 1.54) is 0 Å². The molecule has 13 heavy (non-hydrogen) atoms. The van der Waals surface area contributed by atoms with Crippen LogP contribution < -0.4 is 0 Å². The van der Waals surface area contributed by atoms with Crippen LogP contribution in [0.2, 0.25) is 0 Å². The summed E-state index contributed by atoms with van der Waals surface area (Å²) in [4.78, 5) is 0. The third kappa shape index (κ3) is 8.31. The molecule has 8 heteroatoms. The molecule has 0 N–H and O–H groups in total. The minimum atomic E-state index is -5.20. The fraction of sp³-hybridized carbons (Fsp3) is 0.600. The number of hydrogen-bond acceptors (Lipinski definition) is 0. The van der Waals surface area contributed by atoms with E-state index in [2.05, 4.69) is 6.58 Å². The monoisotopic (exact) mass is 324 g/mol. The van der Waals surface area contributed by atoms with Gasteiger partial charge in [0, 0.05) is 0 Å². The molecule has 0 aliphatic carbocycles. The maximum Gasteiger partial charge on any atom is 0.409 e. The number of halogens is 8. The fourth-order valence-electron chi connectivity index (χ4n) is 0.186. The van der Waals surface area contributed by atoms with Crippen LogP contribution >= 0.6 is 22.6 Å². The second-order valence-corrected chi connectivity index (χ2v) is 2.85. The lowest BCUT2D eigenvalue weighted by atomic mass is 10.4. The van der Waals surface area contributed by atoms with Gasteiger partial charge in [-0.25, -0.2) is 4.39 Å². The van der Waals surface area contributed by atoms with E-state index in [1.54, 1.807) is 0 Å². The SMILES string of the molecule is C=CF.FC(F)(F)C(I)C(F)(F)F. The molecular formula is C5H4F7I. The van der Waals surface area contributed by atoms with Gasteiger partial charge in [-0.05, 0) is 0 Å². The number of alkyl halides is 7. The molecule has 0 nitrogen and oxygen atoms in total. The van der Waals surface area contributed by atoms with Gasteiger partial charge in [0.05, 0.1) is 6.33 Å². The molecule has 0 heterocycles. The minimum Gasteiger partial charge on any atom is -0.216 e. The van der Waals surface area contributed by atoms with Crippen molar-refractivity contribution in [2.45, 2.75) is 16.3 Å². The highest BCUT2D eigenvalue weighted by atomic mass is 127. The van der Waals surface area contributed by atoms with Gasteiger partial charge in [0.25, 0.3) is 0 Å². The maximum atomic E-state index is 11.2. The molecule has 0 aromatic rings. The summed E-state index contributed by atoms with van der Waals surface area (Å²) in [6.45, 7) is 2.69. The Kier molecular flexibility index (Phi) is 6.72. The van der Waals surface area contributed by atoms with E-state index in [1.807, 2.05) is 0 Å². The van der Waals surface area contributed by atoms with Gasteiger partial charge in [-0.2, -0.15) is 26.3 Å². The van der Waals surface area contributed by atoms with Crippen LogP contribution in [0.5, 0.6) is 0 Å². The van der Waals surface area contributed by atoms with Gasteiger partial charge in [0.2, 0.25) is 3.92 Å². The van der Waals surface area contributed by atoms with Crippen LogP contribution in [0.4, 0.5) is 30.7 Å². The van der Waals surface area contributed by atoms with Crippen molar-refractivity contribution in [1.29, 1.82) is 0 Å². The summed E-state index contributed by atoms with van der Waals surface area (Å²) in [6, 6.07) is 0. The van der Waals surface area contributed by atoms with Crippen LogP contribution in [0, 0.1) is 0 Å². The van der Waals surface area contributed by atoms with Crippen molar-refractivity contribution >= 4 is 22.6 Å². The largest absolute Gasteiger partial charge is 0.409 e. The molecule has 0 saturated heterocycles. The Morgan fingerprint density at radius 1 is 1.00 bits per heavy atom. The molecule has 0 atom stereocenters. The van der Waals surface area contributed by atoms with Crippen LogP contribution in [-0.2, 0) is 0 Å². The van der Waals surface area contributed by atoms with Crippen molar-refractivity contribution in [2.24, 2.45) is 0 Å². The van der Waals surface area contributed by atoms with Crippen LogP contribution in [0.1, 0.15) is 0 Å². The Balaban J connectivity index is 0. The van der Waals surface area contributed by atoms with Gasteiger partial charge >= 0.3 is 12.4 Å². The number of hydrogen-bond donors (Lipinski definition) is 0. The molecule has 0 fully saturated rings. The van der Waals surface area contributed by atoms with E-state index >= 15 is 0 Å². The first-order chi connectivity index (χ1) is 5.57. The topological polar surface area (TPSA) is 0 Å². The Hall–Kier alpha value is -0.0200. The summed E-state index contributed by atoms with van der Waals surface area (Å²) in [5.74, 6) is 0. The summed E-state index contributed by atoms with van der Waals surface area (Å²) in [7, 11) is 0. The molecule has 0 spiro atoms. The van der Waals surface area contributed by atoms with Crippen molar-refractivity contribution < 1.29 is 30.7 Å². The summed E-state index contributed by atoms with van der Waals surface area (Å²) in [6.07, 6.45) is -10.1. The smallest absolute Gasteiger partial charge is 0.216 e. The predicted octanol–water partition coefficient (Wildman–Crippen LogP) is 4.01. The van der Waals surface area contributed by atoms with Crippen molar-refractivity contribution in [3.05, 3.63) is 12.9 Å². The molecule has 0 aliphatic rings. The predicted molar refractivity (Wildman–Crippen MR) is 41.2 cm³/mol. The molecule has 0 aromatic carbocycles. The van der Waals surface area contributed by atoms with E-state index in [4.69, 9.17) is 0 Å². The highest BCUT2D eigenvalue weighted by Gasteiger charge is 2.54. The summed E-state index contributed by atoms with van der Waals surface area (Å²) in [5.41, 5.74) is 0. The van der Waals surface area contributed by atoms with Crippen molar-refractivity contribution in [3.8, 4) is 0 Å². The average Bonchev–Trinajstić information content (AvgIpc) is 1.84. The van der Waals surface area contributed by atoms with Crippen LogP contribution in [-0.4, -0.2) is 16.3 Å². The quantitative estimate of drug-likeness (QED) is 0.359. The Morgan fingerprint density at radius 2 is 1.15 bits per heavy atom. The van der Waals surface area contributed by atoms with Gasteiger partial charge in [-0.1, -0.05) is 29.2 Å². The van der Waals surface area contributed by atoms with Gasteiger partial charge in [0.1, 0.15) is 0 Å². The first-order valence-corrected chi connectivity index (χ1v) is 3.80. The highest BCUT2D eigenvalue weighted by molar-refractivity contribution is 14.1. The molecule has 0 unspecified atom stereocenters. The summed E-state index contributed by atoms with van der Waals surface area (Å²) < 4.78 is 74.1. The van der Waals surface area contributed by atoms with Crippen LogP contribution in [0.25, 0.3) is 0 Å². The average molecular weight is 324 g/mol. The lowest BCUT2D eigenvalue weighted by molar-refractivity contribution is -0.218. The van der Waals surface area contributed by atoms with E-state index < -0.39 is 16.3 Å². The van der Waals surface area contributed by atoms with Gasteiger partial charge in [0.15, 0.2) is 0 Å². The van der Waals surface area contributed by atoms with E-state index in [9.17, 15) is 30.7 Å². The molecule has 0 aromatic heterocycles. The Morgan fingerprint density at radius 3 is 1.15 bits per heavy atom. The zero-order chi connectivity index (χ0) is 11.3. The summed E-state index contributed by atoms with van der Waals surface area (Å²) in [5, 5.41) is 0. The number of rotatable bonds is 0. The lowest BCUT2D eigenvalue weighted by Gasteiger charge is -2.16. The molecule has 0 amide bonds. The normalized spacial score (nSPS) is 12.1. The Labute approximate surface area is 82.9 Å². The molecule has 0 radical (unpaired) electrons. The van der Waals surface area contributed by atoms with Crippen LogP contribution in [0.15, 0.2) is 12.9 Å². The van der Waals surface area contributed by atoms with Gasteiger partial charge < -0.3 is 0 Å². The highest BCUT2D eigenvalue weighted by Crippen LogP contribution is 2.38. The first-order valence-electron chi connectivity index (χ1n) is 2.56. The van der Waals surface area contributed by atoms with Gasteiger partial charge in [-0.3, -0.25) is 0 Å². The molecule has 0 rings (SSSR count). The van der Waals surface area contributed by atoms with Crippen molar-refractivity contribution in [1.82, 2.24) is 0 Å². The third-order valence-corrected chi connectivity index (χ3v) is 1.99. The second-order valence-electron chi connectivity index (χ2n) is 1.60. The first kappa shape index (κ1) is 15.5. The maximum absolute atomic E-state index is 11.2. The zero-order valence-electron chi connectivity index (χ0n) is 5.89. The van der Waals surface area contributed by atoms with E-state index in [-0.39, 0.29) is 6.33 Å². The van der Waals surface area contributed by atoms with Crippen molar-refractivity contribution in [3.63, 3.8) is 0 Å². The minimum absolute atomic E-state index is 0.250.